The lowest BCUT2D eigenvalue weighted by Crippen LogP contribution is -2.37. The molecule has 0 spiro atoms. The largest absolute Gasteiger partial charge is 0.416 e. The van der Waals surface area contributed by atoms with E-state index in [1.54, 1.807) is 7.05 Å². The highest BCUT2D eigenvalue weighted by molar-refractivity contribution is 7.98. The molecule has 0 amide bonds. The van der Waals surface area contributed by atoms with Gasteiger partial charge >= 0.3 is 11.9 Å². The van der Waals surface area contributed by atoms with Crippen LogP contribution in [-0.2, 0) is 32.4 Å². The van der Waals surface area contributed by atoms with Crippen molar-refractivity contribution in [3.63, 3.8) is 0 Å². The molecule has 0 N–H and O–H groups in total. The summed E-state index contributed by atoms with van der Waals surface area (Å²) in [4.78, 5) is 34.0. The summed E-state index contributed by atoms with van der Waals surface area (Å²) in [5.74, 6) is 1.09. The van der Waals surface area contributed by atoms with Crippen LogP contribution in [0.1, 0.15) is 30.8 Å². The summed E-state index contributed by atoms with van der Waals surface area (Å²) in [5, 5.41) is 0.635. The molecule has 0 aliphatic rings. The van der Waals surface area contributed by atoms with Crippen LogP contribution in [0.3, 0.4) is 0 Å². The van der Waals surface area contributed by atoms with Gasteiger partial charge in [0.05, 0.1) is 5.56 Å². The molecule has 6 nitrogen and oxygen atoms in total. The monoisotopic (exact) mass is 438 g/mol. The Kier molecular flexibility index (Phi) is 6.07. The number of hydrogen-bond acceptors (Lipinski definition) is 5. The summed E-state index contributed by atoms with van der Waals surface area (Å²) in [5.41, 5.74) is -0.790. The summed E-state index contributed by atoms with van der Waals surface area (Å²) in [7, 11) is 2.93. The molecule has 0 saturated heterocycles. The maximum absolute atomic E-state index is 12.8. The topological polar surface area (TPSA) is 69.8 Å². The third-order valence-electron chi connectivity index (χ3n) is 4.56. The Morgan fingerprint density at radius 2 is 1.67 bits per heavy atom. The average molecular weight is 438 g/mol. The third-order valence-corrected chi connectivity index (χ3v) is 5.61. The molecule has 0 aliphatic carbocycles. The van der Waals surface area contributed by atoms with E-state index < -0.39 is 23.0 Å². The summed E-state index contributed by atoms with van der Waals surface area (Å²) in [6.07, 6.45) is -3.83. The van der Waals surface area contributed by atoms with Gasteiger partial charge < -0.3 is 0 Å². The Hall–Kier alpha value is -2.62. The molecule has 2 heterocycles. The highest BCUT2D eigenvalue weighted by Gasteiger charge is 2.30. The fourth-order valence-electron chi connectivity index (χ4n) is 2.97. The van der Waals surface area contributed by atoms with Crippen LogP contribution >= 0.6 is 11.8 Å². The molecule has 0 bridgehead atoms. The molecule has 3 aromatic rings. The number of nitrogens with zero attached hydrogens (tertiary/aromatic N) is 4. The predicted octanol–water partition coefficient (Wildman–Crippen LogP) is 3.54. The first kappa shape index (κ1) is 22.1. The van der Waals surface area contributed by atoms with Crippen molar-refractivity contribution in [2.24, 2.45) is 20.0 Å². The molecule has 3 rings (SSSR count). The van der Waals surface area contributed by atoms with Gasteiger partial charge in [0.15, 0.2) is 5.65 Å². The van der Waals surface area contributed by atoms with E-state index in [4.69, 9.17) is 0 Å². The van der Waals surface area contributed by atoms with E-state index in [-0.39, 0.29) is 17.0 Å². The van der Waals surface area contributed by atoms with Crippen LogP contribution in [0.4, 0.5) is 13.2 Å². The number of benzene rings is 1. The lowest BCUT2D eigenvalue weighted by Gasteiger charge is -2.13. The zero-order valence-corrected chi connectivity index (χ0v) is 17.8. The Balaban J connectivity index is 2.05. The van der Waals surface area contributed by atoms with Crippen molar-refractivity contribution in [2.45, 2.75) is 37.2 Å². The van der Waals surface area contributed by atoms with E-state index in [2.05, 4.69) is 9.97 Å². The smallest absolute Gasteiger partial charge is 0.280 e. The SMILES string of the molecule is CC(C)Cc1nc(SCc2ccc(C(F)(F)F)cc2)c2c(=O)n(C)c(=O)n(C)c2n1. The molecule has 160 valence electrons. The van der Waals surface area contributed by atoms with E-state index in [9.17, 15) is 22.8 Å². The molecule has 0 atom stereocenters. The van der Waals surface area contributed by atoms with E-state index >= 15 is 0 Å². The second kappa shape index (κ2) is 8.25. The predicted molar refractivity (Wildman–Crippen MR) is 110 cm³/mol. The summed E-state index contributed by atoms with van der Waals surface area (Å²) < 4.78 is 40.6. The zero-order valence-electron chi connectivity index (χ0n) is 16.9. The first-order valence-electron chi connectivity index (χ1n) is 9.24. The first-order chi connectivity index (χ1) is 14.0. The number of thioether (sulfide) groups is 1. The Bertz CT molecular complexity index is 1200. The van der Waals surface area contributed by atoms with Gasteiger partial charge in [-0.15, -0.1) is 11.8 Å². The number of rotatable bonds is 5. The maximum atomic E-state index is 12.8. The number of alkyl halides is 3. The first-order valence-corrected chi connectivity index (χ1v) is 10.2. The van der Waals surface area contributed by atoms with Crippen molar-refractivity contribution in [3.8, 4) is 0 Å². The molecule has 0 radical (unpaired) electrons. The zero-order chi connectivity index (χ0) is 22.2. The standard InChI is InChI=1S/C20H21F3N4O2S/c1-11(2)9-14-24-16-15(18(28)27(4)19(29)26(16)3)17(25-14)30-10-12-5-7-13(8-6-12)20(21,22)23/h5-8,11H,9-10H2,1-4H3. The molecule has 0 unspecified atom stereocenters. The number of aryl methyl sites for hydroxylation is 1. The average Bonchev–Trinajstić information content (AvgIpc) is 2.67. The number of fused-ring (bicyclic) bond motifs is 1. The van der Waals surface area contributed by atoms with E-state index in [0.717, 1.165) is 16.7 Å². The van der Waals surface area contributed by atoms with Gasteiger partial charge in [-0.3, -0.25) is 13.9 Å². The number of aromatic nitrogens is 4. The minimum atomic E-state index is -4.39. The lowest BCUT2D eigenvalue weighted by atomic mass is 10.1. The summed E-state index contributed by atoms with van der Waals surface area (Å²) >= 11 is 1.23. The molecule has 1 aromatic carbocycles. The molecule has 0 aliphatic heterocycles. The fourth-order valence-corrected chi connectivity index (χ4v) is 3.96. The van der Waals surface area contributed by atoms with Crippen LogP contribution in [0, 0.1) is 5.92 Å². The lowest BCUT2D eigenvalue weighted by molar-refractivity contribution is -0.137. The van der Waals surface area contributed by atoms with Gasteiger partial charge in [0.2, 0.25) is 0 Å². The van der Waals surface area contributed by atoms with Gasteiger partial charge in [0.1, 0.15) is 16.2 Å². The van der Waals surface area contributed by atoms with Gasteiger partial charge in [0.25, 0.3) is 5.56 Å². The van der Waals surface area contributed by atoms with Crippen molar-refractivity contribution in [2.75, 3.05) is 0 Å². The van der Waals surface area contributed by atoms with Crippen LogP contribution in [0.2, 0.25) is 0 Å². The number of hydrogen-bond donors (Lipinski definition) is 0. The van der Waals surface area contributed by atoms with Crippen molar-refractivity contribution < 1.29 is 13.2 Å². The molecule has 2 aromatic heterocycles. The molecule has 10 heteroatoms. The van der Waals surface area contributed by atoms with E-state index in [1.807, 2.05) is 13.8 Å². The second-order valence-corrected chi connectivity index (χ2v) is 8.39. The van der Waals surface area contributed by atoms with Gasteiger partial charge in [-0.2, -0.15) is 13.2 Å². The van der Waals surface area contributed by atoms with E-state index in [1.165, 1.54) is 35.5 Å². The number of halogens is 3. The van der Waals surface area contributed by atoms with Crippen molar-refractivity contribution >= 4 is 22.8 Å². The summed E-state index contributed by atoms with van der Waals surface area (Å²) in [6.45, 7) is 4.01. The van der Waals surface area contributed by atoms with Crippen LogP contribution in [0.5, 0.6) is 0 Å². The summed E-state index contributed by atoms with van der Waals surface area (Å²) in [6, 6.07) is 4.87. The van der Waals surface area contributed by atoms with Crippen LogP contribution in [-0.4, -0.2) is 19.1 Å². The van der Waals surface area contributed by atoms with Gasteiger partial charge in [-0.25, -0.2) is 14.8 Å². The second-order valence-electron chi connectivity index (χ2n) is 7.43. The van der Waals surface area contributed by atoms with Crippen molar-refractivity contribution in [1.82, 2.24) is 19.1 Å². The van der Waals surface area contributed by atoms with Gasteiger partial charge in [0, 0.05) is 26.3 Å². The Morgan fingerprint density at radius 3 is 2.23 bits per heavy atom. The van der Waals surface area contributed by atoms with Crippen molar-refractivity contribution in [1.29, 1.82) is 0 Å². The Labute approximate surface area is 174 Å². The van der Waals surface area contributed by atoms with Crippen LogP contribution in [0.25, 0.3) is 11.0 Å². The highest BCUT2D eigenvalue weighted by Crippen LogP contribution is 2.31. The Morgan fingerprint density at radius 1 is 1.03 bits per heavy atom. The van der Waals surface area contributed by atoms with Gasteiger partial charge in [-0.1, -0.05) is 26.0 Å². The minimum Gasteiger partial charge on any atom is -0.280 e. The molecule has 30 heavy (non-hydrogen) atoms. The van der Waals surface area contributed by atoms with Gasteiger partial charge in [-0.05, 0) is 23.6 Å². The molecule has 0 fully saturated rings. The normalized spacial score (nSPS) is 12.1. The third kappa shape index (κ3) is 4.43. The van der Waals surface area contributed by atoms with Crippen LogP contribution < -0.4 is 11.2 Å². The van der Waals surface area contributed by atoms with Crippen LogP contribution in [0.15, 0.2) is 38.9 Å². The minimum absolute atomic E-state index is 0.226. The molecular formula is C20H21F3N4O2S. The molecule has 0 saturated carbocycles. The molecular weight excluding hydrogens is 417 g/mol. The van der Waals surface area contributed by atoms with Crippen molar-refractivity contribution in [3.05, 3.63) is 62.1 Å². The highest BCUT2D eigenvalue weighted by atomic mass is 32.2. The fraction of sp³-hybridized carbons (Fsp3) is 0.400. The van der Waals surface area contributed by atoms with E-state index in [0.29, 0.717) is 28.6 Å². The maximum Gasteiger partial charge on any atom is 0.416 e. The quantitative estimate of drug-likeness (QED) is 0.450.